The highest BCUT2D eigenvalue weighted by Gasteiger charge is 2.48. The fourth-order valence-electron chi connectivity index (χ4n) is 6.30. The maximum atomic E-state index is 12.5. The molecule has 0 amide bonds. The van der Waals surface area contributed by atoms with Crippen molar-refractivity contribution in [1.82, 2.24) is 0 Å². The molecule has 11 atom stereocenters. The van der Waals surface area contributed by atoms with Crippen LogP contribution in [0.3, 0.4) is 0 Å². The van der Waals surface area contributed by atoms with Gasteiger partial charge in [0.25, 0.3) is 11.9 Å². The van der Waals surface area contributed by atoms with E-state index in [2.05, 4.69) is 0 Å². The Labute approximate surface area is 314 Å². The number of methoxy groups -OCH3 is 1. The molecule has 3 aromatic rings. The predicted octanol–water partition coefficient (Wildman–Crippen LogP) is 0.684. The van der Waals surface area contributed by atoms with Gasteiger partial charge in [0.05, 0.1) is 31.5 Å². The van der Waals surface area contributed by atoms with Gasteiger partial charge in [-0.2, -0.15) is 0 Å². The van der Waals surface area contributed by atoms with Crippen molar-refractivity contribution < 1.29 is 83.9 Å². The smallest absolute Gasteiger partial charge is 0.330 e. The van der Waals surface area contributed by atoms with Crippen LogP contribution in [-0.4, -0.2) is 132 Å². The van der Waals surface area contributed by atoms with Crippen LogP contribution in [0.2, 0.25) is 0 Å². The van der Waals surface area contributed by atoms with Crippen LogP contribution in [0.15, 0.2) is 66.4 Å². The molecule has 3 aromatic carbocycles. The second kappa shape index (κ2) is 16.7. The van der Waals surface area contributed by atoms with E-state index >= 15 is 0 Å². The number of ether oxygens (including phenoxy) is 7. The average molecular weight is 772 g/mol. The summed E-state index contributed by atoms with van der Waals surface area (Å²) in [6, 6.07) is 13.0. The Bertz CT molecular complexity index is 1880. The van der Waals surface area contributed by atoms with Crippen molar-refractivity contribution >= 4 is 18.1 Å². The third-order valence-corrected chi connectivity index (χ3v) is 9.50. The lowest BCUT2D eigenvalue weighted by Gasteiger charge is -2.41. The number of fused-ring (bicyclic) bond motifs is 1. The lowest BCUT2D eigenvalue weighted by atomic mass is 9.92. The van der Waals surface area contributed by atoms with E-state index in [1.165, 1.54) is 61.7 Å². The molecule has 0 radical (unpaired) electrons. The van der Waals surface area contributed by atoms with E-state index in [9.17, 15) is 50.8 Å². The molecule has 0 spiro atoms. The zero-order valence-corrected chi connectivity index (χ0v) is 29.5. The van der Waals surface area contributed by atoms with Gasteiger partial charge in [0, 0.05) is 24.1 Å². The van der Waals surface area contributed by atoms with Crippen molar-refractivity contribution in [2.24, 2.45) is 5.92 Å². The number of carbonyl (C=O) groups is 1. The number of carbonyl (C=O) groups excluding carboxylic acids is 1. The van der Waals surface area contributed by atoms with Crippen LogP contribution in [-0.2, 0) is 23.7 Å². The van der Waals surface area contributed by atoms with Gasteiger partial charge in [0.15, 0.2) is 17.3 Å². The summed E-state index contributed by atoms with van der Waals surface area (Å²) in [5.74, 6) is -1.75. The number of aliphatic hydroxyl groups excluding tert-OH is 6. The molecule has 17 heteroatoms. The van der Waals surface area contributed by atoms with Crippen molar-refractivity contribution in [3.63, 3.8) is 0 Å². The molecule has 3 unspecified atom stereocenters. The number of rotatable bonds is 11. The molecular formula is C38H43O17+. The fourth-order valence-corrected chi connectivity index (χ4v) is 6.30. The van der Waals surface area contributed by atoms with E-state index in [1.807, 2.05) is 0 Å². The van der Waals surface area contributed by atoms with Gasteiger partial charge in [-0.25, -0.2) is 4.79 Å². The van der Waals surface area contributed by atoms with Gasteiger partial charge in [-0.3, -0.25) is 0 Å². The summed E-state index contributed by atoms with van der Waals surface area (Å²) >= 11 is 0. The minimum atomic E-state index is -1.83. The van der Waals surface area contributed by atoms with Crippen molar-refractivity contribution in [2.45, 2.75) is 68.3 Å². The van der Waals surface area contributed by atoms with Crippen LogP contribution in [0.1, 0.15) is 29.7 Å². The van der Waals surface area contributed by atoms with E-state index in [4.69, 9.17) is 33.2 Å². The quantitative estimate of drug-likeness (QED) is 0.0737. The molecule has 17 nitrogen and oxygen atoms in total. The molecule has 3 aliphatic rings. The number of hydrogen-bond acceptors (Lipinski definition) is 16. The summed E-state index contributed by atoms with van der Waals surface area (Å²) in [4.78, 5) is 12.5. The largest absolute Gasteiger partial charge is 0.571 e. The summed E-state index contributed by atoms with van der Waals surface area (Å²) in [6.45, 7) is 0.390. The van der Waals surface area contributed by atoms with Gasteiger partial charge in [0.2, 0.25) is 12.6 Å². The van der Waals surface area contributed by atoms with Gasteiger partial charge < -0.3 is 79.1 Å². The first-order chi connectivity index (χ1) is 26.3. The van der Waals surface area contributed by atoms with E-state index in [-0.39, 0.29) is 45.8 Å². The van der Waals surface area contributed by atoms with Gasteiger partial charge in [-0.1, -0.05) is 19.1 Å². The van der Waals surface area contributed by atoms with Crippen molar-refractivity contribution in [3.8, 4) is 34.5 Å². The lowest BCUT2D eigenvalue weighted by molar-refractivity contribution is -0.296. The fraction of sp³-hybridized carbons (Fsp3) is 0.395. The molecule has 6 rings (SSSR count). The highest BCUT2D eigenvalue weighted by Crippen LogP contribution is 2.47. The first-order valence-corrected chi connectivity index (χ1v) is 17.2. The Morgan fingerprint density at radius 1 is 0.800 bits per heavy atom. The number of esters is 1. The Kier molecular flexibility index (Phi) is 12.0. The Morgan fingerprint density at radius 3 is 2.22 bits per heavy atom. The average Bonchev–Trinajstić information content (AvgIpc) is 3.17. The molecule has 55 heavy (non-hydrogen) atoms. The Morgan fingerprint density at radius 2 is 1.51 bits per heavy atom. The second-order valence-electron chi connectivity index (χ2n) is 13.3. The maximum absolute atomic E-state index is 12.5. The number of benzene rings is 3. The highest BCUT2D eigenvalue weighted by atomic mass is 16.7. The molecule has 296 valence electrons. The molecule has 3 aliphatic heterocycles. The second-order valence-corrected chi connectivity index (χ2v) is 13.3. The van der Waals surface area contributed by atoms with Crippen LogP contribution < -0.4 is 9.47 Å². The molecule has 0 aliphatic carbocycles. The van der Waals surface area contributed by atoms with Crippen LogP contribution >= 0.6 is 0 Å². The highest BCUT2D eigenvalue weighted by molar-refractivity contribution is 5.87. The summed E-state index contributed by atoms with van der Waals surface area (Å²) in [5, 5.41) is 93.7. The third kappa shape index (κ3) is 8.59. The molecule has 0 aromatic heterocycles. The Hall–Kier alpha value is -5.11. The normalized spacial score (nSPS) is 30.5. The zero-order valence-electron chi connectivity index (χ0n) is 29.5. The van der Waals surface area contributed by atoms with Gasteiger partial charge in [0.1, 0.15) is 66.0 Å². The molecule has 2 fully saturated rings. The van der Waals surface area contributed by atoms with Crippen molar-refractivity contribution in [3.05, 3.63) is 83.1 Å². The van der Waals surface area contributed by atoms with E-state index in [0.717, 1.165) is 6.08 Å². The SMILES string of the molecule is COc1cc(C2[OH+]c3cc(O)cc(O[C@@H]4OC(CO)[C@@H](O)[C@H](O)C4C)c3C=C2O[C@@H]2O[C@H](COC(=O)/C=C/c3ccc(O)cc3)[C@@H](O)[C@H](O)[C@H]2O)ccc1O. The number of aromatic hydroxyl groups is 4. The van der Waals surface area contributed by atoms with Crippen LogP contribution in [0.25, 0.3) is 12.2 Å². The number of hydrogen-bond donors (Lipinski definition) is 9. The predicted molar refractivity (Wildman–Crippen MR) is 189 cm³/mol. The molecule has 2 saturated heterocycles. The Balaban J connectivity index is 1.29. The third-order valence-electron chi connectivity index (χ3n) is 9.50. The summed E-state index contributed by atoms with van der Waals surface area (Å²) in [6.07, 6.45) is -10.6. The minimum absolute atomic E-state index is 0.00979. The minimum Gasteiger partial charge on any atom is -0.571 e. The molecule has 3 heterocycles. The molecule has 0 bridgehead atoms. The van der Waals surface area contributed by atoms with Crippen LogP contribution in [0, 0.1) is 5.92 Å². The number of phenols is 3. The molecule has 0 saturated carbocycles. The van der Waals surface area contributed by atoms with Crippen molar-refractivity contribution in [1.29, 1.82) is 0 Å². The number of phenolic OH excluding ortho intramolecular Hbond substituents is 3. The zero-order chi connectivity index (χ0) is 39.6. The van der Waals surface area contributed by atoms with Gasteiger partial charge in [-0.05, 0) is 42.0 Å². The topological polar surface area (TPSA) is 267 Å². The van der Waals surface area contributed by atoms with E-state index in [1.54, 1.807) is 19.1 Å². The van der Waals surface area contributed by atoms with Gasteiger partial charge in [-0.15, -0.1) is 0 Å². The summed E-state index contributed by atoms with van der Waals surface area (Å²) in [7, 11) is 1.35. The summed E-state index contributed by atoms with van der Waals surface area (Å²) in [5.41, 5.74) is 1.23. The van der Waals surface area contributed by atoms with E-state index in [0.29, 0.717) is 11.1 Å². The van der Waals surface area contributed by atoms with Crippen molar-refractivity contribution in [2.75, 3.05) is 20.3 Å². The monoisotopic (exact) mass is 771 g/mol. The molecule has 10 N–H and O–H groups in total. The number of aliphatic hydroxyl groups is 7. The first kappa shape index (κ1) is 39.6. The van der Waals surface area contributed by atoms with Crippen LogP contribution in [0.4, 0.5) is 0 Å². The summed E-state index contributed by atoms with van der Waals surface area (Å²) < 4.78 is 39.2. The lowest BCUT2D eigenvalue weighted by Crippen LogP contribution is -2.59. The maximum Gasteiger partial charge on any atom is 0.330 e. The first-order valence-electron chi connectivity index (χ1n) is 17.2. The van der Waals surface area contributed by atoms with Gasteiger partial charge >= 0.3 is 5.97 Å². The molecular weight excluding hydrogens is 728 g/mol. The van der Waals surface area contributed by atoms with Crippen LogP contribution in [0.5, 0.6) is 34.5 Å². The van der Waals surface area contributed by atoms with E-state index < -0.39 is 86.5 Å². The standard InChI is InChI=1S/C38H42O17/c1-17-31(44)32(45)28(15-39)54-37(17)52-25-13-21(41)12-24-22(25)14-27(36(51-24)19-6-9-23(42)26(11-19)49-2)53-38-35(48)34(47)33(46)29(55-38)16-50-30(43)10-5-18-3-7-20(40)8-4-18/h3-14,17,28-29,31-42,44-48H,15-16H2,1-2H3/p+1/b10-5+/t17?,28?,29-,31-,32-,33-,34+,35-,36?,37-,38-/m1/s1.